The lowest BCUT2D eigenvalue weighted by atomic mass is 10.00. The highest BCUT2D eigenvalue weighted by Gasteiger charge is 2.26. The first-order valence-electron chi connectivity index (χ1n) is 8.56. The summed E-state index contributed by atoms with van der Waals surface area (Å²) >= 11 is 0. The van der Waals surface area contributed by atoms with E-state index in [9.17, 15) is 4.79 Å². The summed E-state index contributed by atoms with van der Waals surface area (Å²) in [6, 6.07) is 14.0. The lowest BCUT2D eigenvalue weighted by Gasteiger charge is -2.15. The molecule has 1 aromatic heterocycles. The maximum Gasteiger partial charge on any atom is 0.348 e. The SMILES string of the molecule is O=c1nc(-c2ccccc2)c2c3c(ccc2n1CC1CC1)OCC3. The predicted molar refractivity (Wildman–Crippen MR) is 93.4 cm³/mol. The highest BCUT2D eigenvalue weighted by atomic mass is 16.5. The van der Waals surface area contributed by atoms with Gasteiger partial charge in [-0.1, -0.05) is 30.3 Å². The minimum Gasteiger partial charge on any atom is -0.493 e. The van der Waals surface area contributed by atoms with Gasteiger partial charge in [-0.15, -0.1) is 0 Å². The number of nitrogens with zero attached hydrogens (tertiary/aromatic N) is 2. The molecule has 24 heavy (non-hydrogen) atoms. The number of aromatic nitrogens is 2. The van der Waals surface area contributed by atoms with Crippen LogP contribution in [0.25, 0.3) is 22.2 Å². The molecule has 0 bridgehead atoms. The third-order valence-corrected chi connectivity index (χ3v) is 5.01. The number of hydrogen-bond acceptors (Lipinski definition) is 3. The summed E-state index contributed by atoms with van der Waals surface area (Å²) < 4.78 is 7.60. The molecular formula is C20H18N2O2. The predicted octanol–water partition coefficient (Wildman–Crippen LogP) is 3.41. The molecule has 1 fully saturated rings. The summed E-state index contributed by atoms with van der Waals surface area (Å²) in [6.07, 6.45) is 3.29. The third kappa shape index (κ3) is 2.13. The van der Waals surface area contributed by atoms with E-state index in [2.05, 4.69) is 4.98 Å². The molecule has 2 aliphatic rings. The van der Waals surface area contributed by atoms with Gasteiger partial charge in [-0.25, -0.2) is 4.79 Å². The highest BCUT2D eigenvalue weighted by molar-refractivity contribution is 5.96. The van der Waals surface area contributed by atoms with Gasteiger partial charge in [-0.2, -0.15) is 4.98 Å². The van der Waals surface area contributed by atoms with Gasteiger partial charge in [0.1, 0.15) is 5.75 Å². The van der Waals surface area contributed by atoms with Gasteiger partial charge in [0.15, 0.2) is 0 Å². The Labute approximate surface area is 139 Å². The Morgan fingerprint density at radius 3 is 2.75 bits per heavy atom. The van der Waals surface area contributed by atoms with Crippen molar-refractivity contribution in [2.24, 2.45) is 5.92 Å². The zero-order chi connectivity index (χ0) is 16.1. The average molecular weight is 318 g/mol. The smallest absolute Gasteiger partial charge is 0.348 e. The second-order valence-corrected chi connectivity index (χ2v) is 6.70. The van der Waals surface area contributed by atoms with Crippen molar-refractivity contribution in [3.05, 3.63) is 58.5 Å². The van der Waals surface area contributed by atoms with Gasteiger partial charge in [0.2, 0.25) is 0 Å². The normalized spacial score (nSPS) is 16.2. The molecule has 2 aromatic carbocycles. The molecule has 5 rings (SSSR count). The molecule has 1 aliphatic carbocycles. The molecule has 4 heteroatoms. The van der Waals surface area contributed by atoms with Crippen LogP contribution in [0.15, 0.2) is 47.3 Å². The summed E-state index contributed by atoms with van der Waals surface area (Å²) in [6.45, 7) is 1.47. The van der Waals surface area contributed by atoms with E-state index in [1.165, 1.54) is 18.4 Å². The van der Waals surface area contributed by atoms with Crippen molar-refractivity contribution in [3.63, 3.8) is 0 Å². The molecule has 0 atom stereocenters. The largest absolute Gasteiger partial charge is 0.493 e. The number of benzene rings is 2. The van der Waals surface area contributed by atoms with E-state index in [1.807, 2.05) is 47.0 Å². The second kappa shape index (κ2) is 5.20. The fraction of sp³-hybridized carbons (Fsp3) is 0.300. The van der Waals surface area contributed by atoms with Crippen LogP contribution in [0.1, 0.15) is 18.4 Å². The van der Waals surface area contributed by atoms with Crippen LogP contribution in [-0.2, 0) is 13.0 Å². The van der Waals surface area contributed by atoms with Crippen molar-refractivity contribution in [3.8, 4) is 17.0 Å². The monoisotopic (exact) mass is 318 g/mol. The van der Waals surface area contributed by atoms with Crippen LogP contribution in [0.2, 0.25) is 0 Å². The molecule has 120 valence electrons. The molecule has 0 radical (unpaired) electrons. The van der Waals surface area contributed by atoms with Crippen LogP contribution in [0.3, 0.4) is 0 Å². The van der Waals surface area contributed by atoms with E-state index in [4.69, 9.17) is 4.74 Å². The molecule has 0 N–H and O–H groups in total. The van der Waals surface area contributed by atoms with Gasteiger partial charge in [0.25, 0.3) is 0 Å². The topological polar surface area (TPSA) is 44.1 Å². The number of rotatable bonds is 3. The van der Waals surface area contributed by atoms with E-state index in [0.29, 0.717) is 12.5 Å². The molecule has 1 saturated carbocycles. The van der Waals surface area contributed by atoms with E-state index in [-0.39, 0.29) is 5.69 Å². The number of ether oxygens (including phenoxy) is 1. The zero-order valence-electron chi connectivity index (χ0n) is 13.4. The Hall–Kier alpha value is -2.62. The van der Waals surface area contributed by atoms with Crippen molar-refractivity contribution >= 4 is 10.9 Å². The minimum atomic E-state index is -0.146. The van der Waals surface area contributed by atoms with Crippen LogP contribution in [0.5, 0.6) is 5.75 Å². The summed E-state index contributed by atoms with van der Waals surface area (Å²) in [7, 11) is 0. The minimum absolute atomic E-state index is 0.146. The Bertz CT molecular complexity index is 988. The third-order valence-electron chi connectivity index (χ3n) is 5.01. The molecule has 1 aliphatic heterocycles. The first-order chi connectivity index (χ1) is 11.8. The Morgan fingerprint density at radius 2 is 1.96 bits per heavy atom. The van der Waals surface area contributed by atoms with Gasteiger partial charge in [0, 0.05) is 29.5 Å². The highest BCUT2D eigenvalue weighted by Crippen LogP contribution is 2.38. The van der Waals surface area contributed by atoms with Gasteiger partial charge in [0.05, 0.1) is 17.8 Å². The molecule has 0 spiro atoms. The molecule has 0 amide bonds. The zero-order valence-corrected chi connectivity index (χ0v) is 13.4. The van der Waals surface area contributed by atoms with Crippen LogP contribution < -0.4 is 10.4 Å². The molecule has 0 unspecified atom stereocenters. The van der Waals surface area contributed by atoms with Crippen molar-refractivity contribution in [1.29, 1.82) is 0 Å². The number of hydrogen-bond donors (Lipinski definition) is 0. The van der Waals surface area contributed by atoms with E-state index in [0.717, 1.165) is 40.9 Å². The number of fused-ring (bicyclic) bond motifs is 3. The lowest BCUT2D eigenvalue weighted by molar-refractivity contribution is 0.357. The summed E-state index contributed by atoms with van der Waals surface area (Å²) in [4.78, 5) is 17.2. The first-order valence-corrected chi connectivity index (χ1v) is 8.56. The standard InChI is InChI=1S/C20H18N2O2/c23-20-21-19(14-4-2-1-3-5-14)18-15-10-11-24-17(15)9-8-16(18)22(20)12-13-6-7-13/h1-5,8-9,13H,6-7,10-12H2. The van der Waals surface area contributed by atoms with Crippen molar-refractivity contribution in [1.82, 2.24) is 9.55 Å². The van der Waals surface area contributed by atoms with E-state index >= 15 is 0 Å². The van der Waals surface area contributed by atoms with E-state index < -0.39 is 0 Å². The summed E-state index contributed by atoms with van der Waals surface area (Å²) in [5.74, 6) is 1.55. The average Bonchev–Trinajstić information content (AvgIpc) is 3.30. The summed E-state index contributed by atoms with van der Waals surface area (Å²) in [5, 5.41) is 1.08. The van der Waals surface area contributed by atoms with Gasteiger partial charge >= 0.3 is 5.69 Å². The Balaban J connectivity index is 1.86. The first kappa shape index (κ1) is 13.8. The molecule has 2 heterocycles. The Kier molecular flexibility index (Phi) is 2.98. The van der Waals surface area contributed by atoms with Crippen LogP contribution >= 0.6 is 0 Å². The second-order valence-electron chi connectivity index (χ2n) is 6.70. The van der Waals surface area contributed by atoms with Gasteiger partial charge in [-0.3, -0.25) is 4.57 Å². The Morgan fingerprint density at radius 1 is 1.12 bits per heavy atom. The fourth-order valence-corrected chi connectivity index (χ4v) is 3.61. The van der Waals surface area contributed by atoms with E-state index in [1.54, 1.807) is 0 Å². The lowest BCUT2D eigenvalue weighted by Crippen LogP contribution is -2.25. The fourth-order valence-electron chi connectivity index (χ4n) is 3.61. The quantitative estimate of drug-likeness (QED) is 0.743. The van der Waals surface area contributed by atoms with Crippen LogP contribution in [0.4, 0.5) is 0 Å². The summed E-state index contributed by atoms with van der Waals surface area (Å²) in [5.41, 5.74) is 3.80. The van der Waals surface area contributed by atoms with Crippen LogP contribution in [-0.4, -0.2) is 16.2 Å². The van der Waals surface area contributed by atoms with Crippen LogP contribution in [0, 0.1) is 5.92 Å². The molecule has 0 saturated heterocycles. The van der Waals surface area contributed by atoms with Crippen molar-refractivity contribution < 1.29 is 4.74 Å². The maximum atomic E-state index is 12.7. The maximum absolute atomic E-state index is 12.7. The van der Waals surface area contributed by atoms with Gasteiger partial charge < -0.3 is 4.74 Å². The van der Waals surface area contributed by atoms with Crippen molar-refractivity contribution in [2.45, 2.75) is 25.8 Å². The molecule has 3 aromatic rings. The van der Waals surface area contributed by atoms with Crippen molar-refractivity contribution in [2.75, 3.05) is 6.61 Å². The molecule has 4 nitrogen and oxygen atoms in total. The molecular weight excluding hydrogens is 300 g/mol. The van der Waals surface area contributed by atoms with Gasteiger partial charge in [-0.05, 0) is 30.9 Å².